The fraction of sp³-hybridized carbons (Fsp3) is 0.565. The van der Waals surface area contributed by atoms with Gasteiger partial charge in [0.25, 0.3) is 5.91 Å². The van der Waals surface area contributed by atoms with Crippen LogP contribution in [0.3, 0.4) is 0 Å². The molecule has 318 valence electrons. The molecule has 0 bridgehead atoms. The standard InChI is InChI=1S/C46H66N2O9Si/c1-33(2)58(34(3)4,35(5)6)57-43-29-47(46(50)56-30-36-15-10-9-11-16-36)28-42(45(43)38-18-20-39(21-19-38)53-26-13-12-24-51-7)54-31-37-17-22-41-40(27-37)48(23-14-25-52-8)44(49)32-55-41/h9-11,15-22,27,33-35,42-43,45H,12-14,23-26,28-32H2,1-8H3/t42-,43+,45+/m0/s1. The van der Waals surface area contributed by atoms with E-state index < -0.39 is 20.5 Å². The fourth-order valence-corrected chi connectivity index (χ4v) is 14.3. The van der Waals surface area contributed by atoms with Gasteiger partial charge in [-0.15, -0.1) is 0 Å². The molecule has 2 aliphatic rings. The van der Waals surface area contributed by atoms with Gasteiger partial charge in [0, 0.05) is 46.4 Å². The van der Waals surface area contributed by atoms with Crippen LogP contribution in [-0.2, 0) is 41.4 Å². The maximum absolute atomic E-state index is 14.0. The van der Waals surface area contributed by atoms with Crippen LogP contribution in [0.25, 0.3) is 0 Å². The van der Waals surface area contributed by atoms with E-state index in [2.05, 4.69) is 53.7 Å². The lowest BCUT2D eigenvalue weighted by molar-refractivity contribution is -0.121. The number of fused-ring (bicyclic) bond motifs is 1. The fourth-order valence-electron chi connectivity index (χ4n) is 8.78. The van der Waals surface area contributed by atoms with E-state index >= 15 is 0 Å². The molecule has 1 saturated heterocycles. The van der Waals surface area contributed by atoms with Gasteiger partial charge in [0.1, 0.15) is 18.1 Å². The number of piperidine rings is 1. The number of benzene rings is 3. The van der Waals surface area contributed by atoms with Crippen LogP contribution in [0.1, 0.15) is 83.4 Å². The minimum atomic E-state index is -2.46. The van der Waals surface area contributed by atoms with Crippen molar-refractivity contribution in [1.82, 2.24) is 4.90 Å². The zero-order valence-corrected chi connectivity index (χ0v) is 36.9. The van der Waals surface area contributed by atoms with Crippen LogP contribution in [0.4, 0.5) is 10.5 Å². The second-order valence-corrected chi connectivity index (χ2v) is 21.8. The summed E-state index contributed by atoms with van der Waals surface area (Å²) in [6, 6.07) is 23.9. The Morgan fingerprint density at radius 1 is 0.776 bits per heavy atom. The third-order valence-corrected chi connectivity index (χ3v) is 17.7. The molecule has 3 aromatic rings. The number of nitrogens with zero attached hydrogens (tertiary/aromatic N) is 2. The van der Waals surface area contributed by atoms with Crippen molar-refractivity contribution in [2.45, 2.75) is 109 Å². The van der Waals surface area contributed by atoms with E-state index in [1.165, 1.54) is 0 Å². The summed E-state index contributed by atoms with van der Waals surface area (Å²) < 4.78 is 42.9. The van der Waals surface area contributed by atoms with E-state index in [-0.39, 0.29) is 37.7 Å². The Morgan fingerprint density at radius 3 is 2.10 bits per heavy atom. The predicted molar refractivity (Wildman–Crippen MR) is 229 cm³/mol. The molecule has 0 radical (unpaired) electrons. The molecule has 2 aliphatic heterocycles. The van der Waals surface area contributed by atoms with E-state index in [1.54, 1.807) is 24.0 Å². The van der Waals surface area contributed by atoms with E-state index in [4.69, 9.17) is 32.8 Å². The third-order valence-electron chi connectivity index (χ3n) is 11.6. The van der Waals surface area contributed by atoms with E-state index in [9.17, 15) is 9.59 Å². The Bertz CT molecular complexity index is 1700. The number of hydrogen-bond donors (Lipinski definition) is 0. The molecule has 0 aromatic heterocycles. The molecular weight excluding hydrogens is 753 g/mol. The smallest absolute Gasteiger partial charge is 0.410 e. The van der Waals surface area contributed by atoms with Crippen molar-refractivity contribution in [3.8, 4) is 11.5 Å². The van der Waals surface area contributed by atoms with Crippen molar-refractivity contribution in [2.75, 3.05) is 65.2 Å². The molecule has 0 saturated carbocycles. The van der Waals surface area contributed by atoms with Gasteiger partial charge in [-0.3, -0.25) is 4.79 Å². The summed E-state index contributed by atoms with van der Waals surface area (Å²) in [7, 11) is 0.918. The first-order valence-electron chi connectivity index (χ1n) is 21.0. The SMILES string of the molecule is COCCCCOc1ccc([C@@H]2[C@@H](OCc3ccc4c(c3)N(CCCOC)C(=O)CO4)CN(C(=O)OCc3ccccc3)C[C@H]2O[Si](C(C)C)(C(C)C)C(C)C)cc1. The number of hydrogen-bond acceptors (Lipinski definition) is 9. The molecule has 2 amide bonds. The first-order chi connectivity index (χ1) is 28.0. The molecule has 0 unspecified atom stereocenters. The van der Waals surface area contributed by atoms with E-state index in [0.717, 1.165) is 41.0 Å². The first-order valence-corrected chi connectivity index (χ1v) is 23.1. The van der Waals surface area contributed by atoms with E-state index in [0.29, 0.717) is 68.2 Å². The molecular formula is C46H66N2O9Si. The zero-order chi connectivity index (χ0) is 41.7. The normalized spacial score (nSPS) is 18.5. The van der Waals surface area contributed by atoms with Gasteiger partial charge in [0.05, 0.1) is 37.7 Å². The molecule has 2 heterocycles. The molecule has 0 spiro atoms. The van der Waals surface area contributed by atoms with Crippen LogP contribution < -0.4 is 14.4 Å². The summed E-state index contributed by atoms with van der Waals surface area (Å²) in [5.41, 5.74) is 4.58. The lowest BCUT2D eigenvalue weighted by atomic mass is 9.84. The molecule has 1 fully saturated rings. The van der Waals surface area contributed by atoms with Crippen LogP contribution in [0.5, 0.6) is 11.5 Å². The highest BCUT2D eigenvalue weighted by Gasteiger charge is 2.51. The Labute approximate surface area is 347 Å². The van der Waals surface area contributed by atoms with Gasteiger partial charge in [-0.25, -0.2) is 4.79 Å². The molecule has 3 aromatic carbocycles. The highest BCUT2D eigenvalue weighted by Crippen LogP contribution is 2.46. The molecule has 0 aliphatic carbocycles. The lowest BCUT2D eigenvalue weighted by Gasteiger charge is -2.50. The lowest BCUT2D eigenvalue weighted by Crippen LogP contribution is -2.59. The number of likely N-dealkylation sites (tertiary alicyclic amines) is 1. The number of methoxy groups -OCH3 is 2. The first kappa shape index (κ1) is 45.1. The summed E-state index contributed by atoms with van der Waals surface area (Å²) in [4.78, 5) is 30.5. The highest BCUT2D eigenvalue weighted by atomic mass is 28.4. The number of amides is 2. The van der Waals surface area contributed by atoms with Gasteiger partial charge in [0.15, 0.2) is 6.61 Å². The summed E-state index contributed by atoms with van der Waals surface area (Å²) in [6.45, 7) is 17.2. The third kappa shape index (κ3) is 11.4. The summed E-state index contributed by atoms with van der Waals surface area (Å²) in [5, 5.41) is 0. The van der Waals surface area contributed by atoms with Gasteiger partial charge in [-0.1, -0.05) is 90.1 Å². The zero-order valence-electron chi connectivity index (χ0n) is 35.9. The van der Waals surface area contributed by atoms with Crippen molar-refractivity contribution in [2.24, 2.45) is 0 Å². The van der Waals surface area contributed by atoms with E-state index in [1.807, 2.05) is 60.7 Å². The van der Waals surface area contributed by atoms with Crippen LogP contribution in [0, 0.1) is 0 Å². The Kier molecular flexibility index (Phi) is 17.0. The molecule has 11 nitrogen and oxygen atoms in total. The molecule has 12 heteroatoms. The minimum absolute atomic E-state index is 0.00274. The van der Waals surface area contributed by atoms with Crippen LogP contribution >= 0.6 is 0 Å². The Balaban J connectivity index is 1.49. The van der Waals surface area contributed by atoms with Crippen molar-refractivity contribution in [3.63, 3.8) is 0 Å². The molecule has 3 atom stereocenters. The summed E-state index contributed by atoms with van der Waals surface area (Å²) in [6.07, 6.45) is 1.33. The second-order valence-electron chi connectivity index (χ2n) is 16.4. The minimum Gasteiger partial charge on any atom is -0.494 e. The quantitative estimate of drug-likeness (QED) is 0.0769. The summed E-state index contributed by atoms with van der Waals surface area (Å²) in [5.74, 6) is 1.17. The maximum Gasteiger partial charge on any atom is 0.410 e. The van der Waals surface area contributed by atoms with Gasteiger partial charge < -0.3 is 42.6 Å². The number of carbonyl (C=O) groups excluding carboxylic acids is 2. The van der Waals surface area contributed by atoms with Crippen LogP contribution in [-0.4, -0.2) is 97.7 Å². The number of anilines is 1. The largest absolute Gasteiger partial charge is 0.494 e. The maximum atomic E-state index is 14.0. The summed E-state index contributed by atoms with van der Waals surface area (Å²) >= 11 is 0. The number of unbranched alkanes of at least 4 members (excludes halogenated alkanes) is 1. The van der Waals surface area contributed by atoms with Crippen molar-refractivity contribution in [3.05, 3.63) is 89.5 Å². The van der Waals surface area contributed by atoms with Crippen molar-refractivity contribution < 1.29 is 42.4 Å². The monoisotopic (exact) mass is 818 g/mol. The number of rotatable bonds is 21. The van der Waals surface area contributed by atoms with Crippen molar-refractivity contribution in [1.29, 1.82) is 0 Å². The van der Waals surface area contributed by atoms with Crippen LogP contribution in [0.15, 0.2) is 72.8 Å². The topological polar surface area (TPSA) is 105 Å². The molecule has 58 heavy (non-hydrogen) atoms. The van der Waals surface area contributed by atoms with Crippen LogP contribution in [0.2, 0.25) is 16.6 Å². The Hall–Kier alpha value is -3.94. The average Bonchev–Trinajstić information content (AvgIpc) is 3.22. The second kappa shape index (κ2) is 21.9. The van der Waals surface area contributed by atoms with Gasteiger partial charge in [-0.05, 0) is 76.8 Å². The van der Waals surface area contributed by atoms with Gasteiger partial charge >= 0.3 is 6.09 Å². The van der Waals surface area contributed by atoms with Gasteiger partial charge in [-0.2, -0.15) is 0 Å². The predicted octanol–water partition coefficient (Wildman–Crippen LogP) is 9.14. The molecule has 0 N–H and O–H groups in total. The van der Waals surface area contributed by atoms with Gasteiger partial charge in [0.2, 0.25) is 8.32 Å². The highest BCUT2D eigenvalue weighted by molar-refractivity contribution is 6.77. The number of ether oxygens (including phenoxy) is 6. The van der Waals surface area contributed by atoms with Crippen molar-refractivity contribution >= 4 is 26.0 Å². The number of carbonyl (C=O) groups is 2. The molecule has 5 rings (SSSR count). The average molecular weight is 819 g/mol. The Morgan fingerprint density at radius 2 is 1.43 bits per heavy atom.